The van der Waals surface area contributed by atoms with Gasteiger partial charge in [-0.3, -0.25) is 0 Å². The quantitative estimate of drug-likeness (QED) is 0.763. The molecular formula is C9H14F3NO2. The first-order chi connectivity index (χ1) is 7.02. The number of rotatable bonds is 2. The highest BCUT2D eigenvalue weighted by Gasteiger charge is 2.49. The molecule has 2 aliphatic heterocycles. The van der Waals surface area contributed by atoms with Crippen molar-refractivity contribution in [1.29, 1.82) is 0 Å². The Morgan fingerprint density at radius 3 is 2.60 bits per heavy atom. The first kappa shape index (κ1) is 11.2. The minimum absolute atomic E-state index is 0.0624. The monoisotopic (exact) mass is 225 g/mol. The first-order valence-corrected chi connectivity index (χ1v) is 5.04. The van der Waals surface area contributed by atoms with Crippen LogP contribution in [0.2, 0.25) is 0 Å². The molecule has 2 fully saturated rings. The van der Waals surface area contributed by atoms with Crippen LogP contribution in [0.25, 0.3) is 0 Å². The van der Waals surface area contributed by atoms with Gasteiger partial charge >= 0.3 is 6.18 Å². The van der Waals surface area contributed by atoms with E-state index >= 15 is 0 Å². The van der Waals surface area contributed by atoms with Gasteiger partial charge in [-0.05, 0) is 6.42 Å². The average Bonchev–Trinajstić information content (AvgIpc) is 2.11. The molecule has 1 N–H and O–H groups in total. The smallest absolute Gasteiger partial charge is 0.375 e. The van der Waals surface area contributed by atoms with Crippen LogP contribution in [-0.2, 0) is 9.47 Å². The molecule has 1 spiro atoms. The summed E-state index contributed by atoms with van der Waals surface area (Å²) in [6.07, 6.45) is -4.80. The molecule has 0 amide bonds. The summed E-state index contributed by atoms with van der Waals surface area (Å²) >= 11 is 0. The molecule has 0 saturated carbocycles. The summed E-state index contributed by atoms with van der Waals surface area (Å²) in [6.45, 7) is 1.97. The molecule has 0 aromatic carbocycles. The fraction of sp³-hybridized carbons (Fsp3) is 1.00. The molecule has 0 aromatic heterocycles. The van der Waals surface area contributed by atoms with Crippen molar-refractivity contribution in [3.8, 4) is 0 Å². The molecule has 15 heavy (non-hydrogen) atoms. The number of nitrogens with one attached hydrogen (secondary N) is 1. The largest absolute Gasteiger partial charge is 0.389 e. The molecule has 0 aromatic rings. The van der Waals surface area contributed by atoms with E-state index in [4.69, 9.17) is 9.47 Å². The lowest BCUT2D eigenvalue weighted by Crippen LogP contribution is -2.68. The van der Waals surface area contributed by atoms with E-state index in [0.29, 0.717) is 26.4 Å². The molecule has 1 atom stereocenters. The second-order valence-electron chi connectivity index (χ2n) is 4.07. The third-order valence-corrected chi connectivity index (χ3v) is 2.93. The van der Waals surface area contributed by atoms with Crippen molar-refractivity contribution in [3.05, 3.63) is 0 Å². The van der Waals surface area contributed by atoms with Gasteiger partial charge in [0.15, 0.2) is 0 Å². The van der Waals surface area contributed by atoms with Crippen LogP contribution in [0, 0.1) is 0 Å². The van der Waals surface area contributed by atoms with Crippen LogP contribution in [0.15, 0.2) is 0 Å². The van der Waals surface area contributed by atoms with Crippen molar-refractivity contribution in [1.82, 2.24) is 5.32 Å². The Morgan fingerprint density at radius 2 is 2.07 bits per heavy atom. The maximum atomic E-state index is 12.1. The number of hydrogen-bond acceptors (Lipinski definition) is 3. The zero-order valence-electron chi connectivity index (χ0n) is 8.27. The summed E-state index contributed by atoms with van der Waals surface area (Å²) in [6, 6.07) is -0.235. The van der Waals surface area contributed by atoms with Crippen LogP contribution < -0.4 is 5.32 Å². The van der Waals surface area contributed by atoms with E-state index in [9.17, 15) is 13.2 Å². The van der Waals surface area contributed by atoms with Gasteiger partial charge in [-0.25, -0.2) is 0 Å². The molecule has 2 saturated heterocycles. The molecule has 2 rings (SSSR count). The third-order valence-electron chi connectivity index (χ3n) is 2.93. The molecule has 1 unspecified atom stereocenters. The predicted molar refractivity (Wildman–Crippen MR) is 46.6 cm³/mol. The molecule has 3 nitrogen and oxygen atoms in total. The Labute approximate surface area is 85.9 Å². The van der Waals surface area contributed by atoms with Crippen LogP contribution in [0.1, 0.15) is 12.8 Å². The van der Waals surface area contributed by atoms with Crippen molar-refractivity contribution in [2.75, 3.05) is 26.4 Å². The lowest BCUT2D eigenvalue weighted by atomic mass is 9.87. The second kappa shape index (κ2) is 3.92. The van der Waals surface area contributed by atoms with Gasteiger partial charge in [-0.15, -0.1) is 0 Å². The number of morpholine rings is 1. The number of ether oxygens (including phenoxy) is 2. The van der Waals surface area contributed by atoms with Crippen molar-refractivity contribution >= 4 is 0 Å². The normalized spacial score (nSPS) is 30.2. The highest BCUT2D eigenvalue weighted by Crippen LogP contribution is 2.33. The summed E-state index contributed by atoms with van der Waals surface area (Å²) in [5.41, 5.74) is -0.497. The van der Waals surface area contributed by atoms with Crippen molar-refractivity contribution < 1.29 is 22.6 Å². The van der Waals surface area contributed by atoms with Gasteiger partial charge in [0.2, 0.25) is 0 Å². The van der Waals surface area contributed by atoms with E-state index in [1.807, 2.05) is 0 Å². The molecule has 88 valence electrons. The number of hydrogen-bond donors (Lipinski definition) is 1. The van der Waals surface area contributed by atoms with Gasteiger partial charge < -0.3 is 14.8 Å². The molecular weight excluding hydrogens is 211 g/mol. The van der Waals surface area contributed by atoms with Crippen LogP contribution in [0.5, 0.6) is 0 Å². The number of halogens is 3. The Balaban J connectivity index is 1.88. The average molecular weight is 225 g/mol. The van der Waals surface area contributed by atoms with Crippen LogP contribution in [0.3, 0.4) is 0 Å². The first-order valence-electron chi connectivity index (χ1n) is 5.04. The van der Waals surface area contributed by atoms with E-state index in [1.54, 1.807) is 0 Å². The zero-order valence-corrected chi connectivity index (χ0v) is 8.27. The van der Waals surface area contributed by atoms with Crippen LogP contribution in [-0.4, -0.2) is 44.2 Å². The lowest BCUT2D eigenvalue weighted by Gasteiger charge is -2.49. The van der Waals surface area contributed by atoms with Gasteiger partial charge in [0, 0.05) is 19.0 Å². The van der Waals surface area contributed by atoms with Gasteiger partial charge in [-0.1, -0.05) is 0 Å². The van der Waals surface area contributed by atoms with E-state index < -0.39 is 18.2 Å². The predicted octanol–water partition coefficient (Wildman–Crippen LogP) is 1.09. The van der Waals surface area contributed by atoms with Crippen molar-refractivity contribution in [3.63, 3.8) is 0 Å². The van der Waals surface area contributed by atoms with E-state index in [2.05, 4.69) is 5.32 Å². The molecule has 0 radical (unpaired) electrons. The summed E-state index contributed by atoms with van der Waals surface area (Å²) in [7, 11) is 0. The van der Waals surface area contributed by atoms with Crippen molar-refractivity contribution in [2.24, 2.45) is 0 Å². The van der Waals surface area contributed by atoms with Gasteiger partial charge in [0.05, 0.1) is 19.8 Å². The number of alkyl halides is 3. The topological polar surface area (TPSA) is 30.5 Å². The van der Waals surface area contributed by atoms with Gasteiger partial charge in [0.1, 0.15) is 5.60 Å². The molecule has 2 aliphatic rings. The molecule has 0 bridgehead atoms. The molecule has 6 heteroatoms. The fourth-order valence-corrected chi connectivity index (χ4v) is 2.03. The summed E-state index contributed by atoms with van der Waals surface area (Å²) in [4.78, 5) is 0. The standard InChI is InChI=1S/C9H14F3NO2/c10-9(11,12)2-1-7-8(5-14-6-8)15-4-3-13-7/h7,13H,1-6H2. The highest BCUT2D eigenvalue weighted by atomic mass is 19.4. The van der Waals surface area contributed by atoms with Gasteiger partial charge in [-0.2, -0.15) is 13.2 Å². The Kier molecular flexibility index (Phi) is 2.92. The summed E-state index contributed by atoms with van der Waals surface area (Å²) in [5.74, 6) is 0. The van der Waals surface area contributed by atoms with E-state index in [1.165, 1.54) is 0 Å². The minimum atomic E-state index is -4.09. The summed E-state index contributed by atoms with van der Waals surface area (Å²) < 4.78 is 46.8. The van der Waals surface area contributed by atoms with E-state index in [-0.39, 0.29) is 12.5 Å². The van der Waals surface area contributed by atoms with E-state index in [0.717, 1.165) is 0 Å². The Hall–Kier alpha value is -0.330. The highest BCUT2D eigenvalue weighted by molar-refractivity contribution is 5.00. The maximum Gasteiger partial charge on any atom is 0.389 e. The van der Waals surface area contributed by atoms with Crippen LogP contribution in [0.4, 0.5) is 13.2 Å². The molecule has 0 aliphatic carbocycles. The fourth-order valence-electron chi connectivity index (χ4n) is 2.03. The van der Waals surface area contributed by atoms with Crippen molar-refractivity contribution in [2.45, 2.75) is 30.7 Å². The third kappa shape index (κ3) is 2.43. The Morgan fingerprint density at radius 1 is 1.33 bits per heavy atom. The lowest BCUT2D eigenvalue weighted by molar-refractivity contribution is -0.241. The zero-order chi connectivity index (χ0) is 10.9. The Bertz CT molecular complexity index is 228. The second-order valence-corrected chi connectivity index (χ2v) is 4.07. The minimum Gasteiger partial charge on any atom is -0.375 e. The van der Waals surface area contributed by atoms with Crippen LogP contribution >= 0.6 is 0 Å². The molecule has 2 heterocycles. The SMILES string of the molecule is FC(F)(F)CCC1NCCOC12COC2. The maximum absolute atomic E-state index is 12.1. The summed E-state index contributed by atoms with van der Waals surface area (Å²) in [5, 5.41) is 3.08. The van der Waals surface area contributed by atoms with Gasteiger partial charge in [0.25, 0.3) is 0 Å².